The zero-order valence-corrected chi connectivity index (χ0v) is 13.4. The molecule has 17 heavy (non-hydrogen) atoms. The van der Waals surface area contributed by atoms with Gasteiger partial charge in [0.2, 0.25) is 0 Å². The molecular formula is C14H18NiP2. The molecule has 2 aromatic carbocycles. The van der Waals surface area contributed by atoms with Gasteiger partial charge < -0.3 is 0 Å². The molecule has 0 amide bonds. The van der Waals surface area contributed by atoms with Gasteiger partial charge in [0, 0.05) is 16.5 Å². The van der Waals surface area contributed by atoms with Gasteiger partial charge in [0.05, 0.1) is 0 Å². The molecule has 0 aliphatic heterocycles. The van der Waals surface area contributed by atoms with Crippen LogP contribution in [0.5, 0.6) is 0 Å². The zero-order valence-electron chi connectivity index (χ0n) is 10.1. The molecule has 0 radical (unpaired) electrons. The average Bonchev–Trinajstić information content (AvgIpc) is 2.28. The summed E-state index contributed by atoms with van der Waals surface area (Å²) in [6, 6.07) is 16.5. The number of benzene rings is 2. The molecule has 2 atom stereocenters. The quantitative estimate of drug-likeness (QED) is 0.518. The Morgan fingerprint density at radius 3 is 1.12 bits per heavy atom. The summed E-state index contributed by atoms with van der Waals surface area (Å²) in [5.41, 5.74) is 2.66. The molecule has 0 fully saturated rings. The molecule has 2 aromatic rings. The van der Waals surface area contributed by atoms with Crippen LogP contribution in [0.4, 0.5) is 0 Å². The molecule has 0 nitrogen and oxygen atoms in total. The minimum Gasteiger partial charge on any atom is -0.105 e. The van der Waals surface area contributed by atoms with Gasteiger partial charge in [-0.1, -0.05) is 48.5 Å². The van der Waals surface area contributed by atoms with Crippen LogP contribution in [0.15, 0.2) is 48.5 Å². The van der Waals surface area contributed by atoms with Crippen molar-refractivity contribution < 1.29 is 16.5 Å². The monoisotopic (exact) mass is 306 g/mol. The van der Waals surface area contributed by atoms with E-state index in [4.69, 9.17) is 0 Å². The van der Waals surface area contributed by atoms with Gasteiger partial charge in [-0.05, 0) is 35.6 Å². The molecule has 2 rings (SSSR count). The fraction of sp³-hybridized carbons (Fsp3) is 0.143. The maximum absolute atomic E-state index is 2.69. The summed E-state index contributed by atoms with van der Waals surface area (Å²) < 4.78 is 0. The van der Waals surface area contributed by atoms with Crippen molar-refractivity contribution >= 4 is 29.1 Å². The van der Waals surface area contributed by atoms with Gasteiger partial charge in [0.15, 0.2) is 0 Å². The number of hydrogen-bond donors (Lipinski definition) is 0. The third-order valence-electron chi connectivity index (χ3n) is 2.38. The second-order valence-electron chi connectivity index (χ2n) is 3.71. The summed E-state index contributed by atoms with van der Waals surface area (Å²) in [4.78, 5) is 0. The fourth-order valence-electron chi connectivity index (χ4n) is 1.17. The Balaban J connectivity index is 0.000000284. The molecule has 94 valence electrons. The number of aryl methyl sites for hydroxylation is 2. The summed E-state index contributed by atoms with van der Waals surface area (Å²) in [6.07, 6.45) is 0. The van der Waals surface area contributed by atoms with Crippen molar-refractivity contribution in [2.45, 2.75) is 13.8 Å². The minimum absolute atomic E-state index is 0. The second-order valence-corrected chi connectivity index (χ2v) is 4.96. The van der Waals surface area contributed by atoms with Gasteiger partial charge >= 0.3 is 0 Å². The van der Waals surface area contributed by atoms with E-state index in [1.807, 2.05) is 24.3 Å². The van der Waals surface area contributed by atoms with Crippen molar-refractivity contribution in [1.29, 1.82) is 0 Å². The van der Waals surface area contributed by atoms with Crippen molar-refractivity contribution in [1.82, 2.24) is 0 Å². The van der Waals surface area contributed by atoms with Gasteiger partial charge in [-0.2, -0.15) is 0 Å². The second kappa shape index (κ2) is 8.82. The van der Waals surface area contributed by atoms with Crippen LogP contribution < -0.4 is 10.6 Å². The average molecular weight is 307 g/mol. The molecule has 0 spiro atoms. The first-order chi connectivity index (χ1) is 7.61. The molecule has 0 saturated heterocycles. The van der Waals surface area contributed by atoms with Gasteiger partial charge in [-0.25, -0.2) is 0 Å². The van der Waals surface area contributed by atoms with Gasteiger partial charge in [0.1, 0.15) is 0 Å². The smallest absolute Gasteiger partial charge is 0 e. The maximum atomic E-state index is 2.69. The Bertz CT molecular complexity index is 370. The molecule has 0 bridgehead atoms. The first-order valence-electron chi connectivity index (χ1n) is 5.23. The van der Waals surface area contributed by atoms with E-state index in [1.165, 1.54) is 21.7 Å². The SMILES string of the molecule is Cc1ccccc1P.Cc1ccccc1P.[Ni]. The van der Waals surface area contributed by atoms with Crippen LogP contribution in [0, 0.1) is 13.8 Å². The Hall–Kier alpha value is -0.206. The van der Waals surface area contributed by atoms with Crippen LogP contribution in [0.2, 0.25) is 0 Å². The van der Waals surface area contributed by atoms with Gasteiger partial charge in [-0.15, -0.1) is 18.5 Å². The zero-order chi connectivity index (χ0) is 12.0. The summed E-state index contributed by atoms with van der Waals surface area (Å²) >= 11 is 0. The van der Waals surface area contributed by atoms with Crippen LogP contribution in [-0.4, -0.2) is 0 Å². The third-order valence-corrected chi connectivity index (χ3v) is 3.67. The van der Waals surface area contributed by atoms with Crippen LogP contribution >= 0.6 is 18.5 Å². The van der Waals surface area contributed by atoms with Crippen LogP contribution in [-0.2, 0) is 16.5 Å². The van der Waals surface area contributed by atoms with Crippen molar-refractivity contribution in [2.24, 2.45) is 0 Å². The predicted molar refractivity (Wildman–Crippen MR) is 81.0 cm³/mol. The summed E-state index contributed by atoms with van der Waals surface area (Å²) in [7, 11) is 5.37. The fourth-order valence-corrected chi connectivity index (χ4v) is 1.59. The van der Waals surface area contributed by atoms with E-state index >= 15 is 0 Å². The molecule has 0 aliphatic rings. The van der Waals surface area contributed by atoms with Crippen LogP contribution in [0.25, 0.3) is 0 Å². The standard InChI is InChI=1S/2C7H9P.Ni/c2*1-6-4-2-3-5-7(6)8;/h2*2-5H,8H2,1H3;. The Labute approximate surface area is 119 Å². The molecule has 0 saturated carbocycles. The van der Waals surface area contributed by atoms with Gasteiger partial charge in [-0.3, -0.25) is 0 Å². The van der Waals surface area contributed by atoms with Crippen molar-refractivity contribution in [3.05, 3.63) is 59.7 Å². The Morgan fingerprint density at radius 1 is 0.647 bits per heavy atom. The van der Waals surface area contributed by atoms with Crippen LogP contribution in [0.1, 0.15) is 11.1 Å². The normalized spacial score (nSPS) is 8.71. The molecule has 2 unspecified atom stereocenters. The topological polar surface area (TPSA) is 0 Å². The van der Waals surface area contributed by atoms with E-state index in [-0.39, 0.29) is 16.5 Å². The van der Waals surface area contributed by atoms with E-state index in [0.717, 1.165) is 0 Å². The van der Waals surface area contributed by atoms with E-state index < -0.39 is 0 Å². The molecule has 0 aromatic heterocycles. The minimum atomic E-state index is 0. The van der Waals surface area contributed by atoms with E-state index in [1.54, 1.807) is 0 Å². The first-order valence-corrected chi connectivity index (χ1v) is 6.39. The Kier molecular flexibility index (Phi) is 8.72. The van der Waals surface area contributed by atoms with Crippen LogP contribution in [0.3, 0.4) is 0 Å². The largest absolute Gasteiger partial charge is 0.105 e. The molecule has 0 heterocycles. The molecule has 0 N–H and O–H groups in total. The van der Waals surface area contributed by atoms with Crippen molar-refractivity contribution in [3.63, 3.8) is 0 Å². The summed E-state index contributed by atoms with van der Waals surface area (Å²) in [6.45, 7) is 4.20. The molecule has 3 heteroatoms. The van der Waals surface area contributed by atoms with E-state index in [0.29, 0.717) is 0 Å². The summed E-state index contributed by atoms with van der Waals surface area (Å²) in [5, 5.41) is 2.57. The summed E-state index contributed by atoms with van der Waals surface area (Å²) in [5.74, 6) is 0. The van der Waals surface area contributed by atoms with Crippen molar-refractivity contribution in [3.8, 4) is 0 Å². The molecule has 0 aliphatic carbocycles. The van der Waals surface area contributed by atoms with Gasteiger partial charge in [0.25, 0.3) is 0 Å². The van der Waals surface area contributed by atoms with E-state index in [9.17, 15) is 0 Å². The van der Waals surface area contributed by atoms with E-state index in [2.05, 4.69) is 56.6 Å². The van der Waals surface area contributed by atoms with Crippen molar-refractivity contribution in [2.75, 3.05) is 0 Å². The maximum Gasteiger partial charge on any atom is 0 e. The molecular weight excluding hydrogens is 289 g/mol. The Morgan fingerprint density at radius 2 is 0.941 bits per heavy atom. The predicted octanol–water partition coefficient (Wildman–Crippen LogP) is 2.99. The number of rotatable bonds is 0. The first kappa shape index (κ1) is 16.8. The third kappa shape index (κ3) is 6.33. The number of hydrogen-bond acceptors (Lipinski definition) is 0.